The fourth-order valence-electron chi connectivity index (χ4n) is 1.09. The van der Waals surface area contributed by atoms with Crippen LogP contribution in [0.25, 0.3) is 0 Å². The summed E-state index contributed by atoms with van der Waals surface area (Å²) in [6, 6.07) is 0. The monoisotopic (exact) mass is 167 g/mol. The van der Waals surface area contributed by atoms with Crippen molar-refractivity contribution in [3.8, 4) is 0 Å². The standard InChI is InChI=1S/C11H21N/c1-4-7-10-12(9-6-3)11-8-5-2/h9H,3-5,7-8,10-11H2,1-2H3. The summed E-state index contributed by atoms with van der Waals surface area (Å²) in [5, 5.41) is 0. The second-order valence-electron chi connectivity index (χ2n) is 3.08. The highest BCUT2D eigenvalue weighted by Gasteiger charge is 1.95. The number of nitrogens with zero attached hydrogens (tertiary/aromatic N) is 1. The van der Waals surface area contributed by atoms with Crippen molar-refractivity contribution in [2.45, 2.75) is 39.5 Å². The summed E-state index contributed by atoms with van der Waals surface area (Å²) in [4.78, 5) is 2.31. The third kappa shape index (κ3) is 6.06. The Labute approximate surface area is 76.8 Å². The average Bonchev–Trinajstić information content (AvgIpc) is 2.10. The van der Waals surface area contributed by atoms with E-state index in [1.54, 1.807) is 0 Å². The first-order chi connectivity index (χ1) is 5.85. The predicted molar refractivity (Wildman–Crippen MR) is 55.1 cm³/mol. The summed E-state index contributed by atoms with van der Waals surface area (Å²) in [5.74, 6) is 0. The van der Waals surface area contributed by atoms with E-state index in [2.05, 4.69) is 31.1 Å². The highest BCUT2D eigenvalue weighted by atomic mass is 15.1. The maximum atomic E-state index is 3.59. The van der Waals surface area contributed by atoms with Gasteiger partial charge in [-0.25, -0.2) is 0 Å². The van der Waals surface area contributed by atoms with Crippen molar-refractivity contribution in [3.63, 3.8) is 0 Å². The molecule has 0 unspecified atom stereocenters. The zero-order valence-electron chi connectivity index (χ0n) is 8.47. The van der Waals surface area contributed by atoms with Crippen molar-refractivity contribution in [2.24, 2.45) is 0 Å². The molecule has 0 aromatic carbocycles. The molecule has 0 saturated carbocycles. The molecule has 0 saturated heterocycles. The Bertz CT molecular complexity index is 126. The molecule has 0 rings (SSSR count). The van der Waals surface area contributed by atoms with Gasteiger partial charge in [0.15, 0.2) is 0 Å². The van der Waals surface area contributed by atoms with Crippen molar-refractivity contribution in [1.82, 2.24) is 4.90 Å². The fraction of sp³-hybridized carbons (Fsp3) is 0.727. The van der Waals surface area contributed by atoms with Gasteiger partial charge in [-0.1, -0.05) is 33.3 Å². The summed E-state index contributed by atoms with van der Waals surface area (Å²) in [6.07, 6.45) is 7.02. The minimum atomic E-state index is 1.15. The van der Waals surface area contributed by atoms with E-state index in [-0.39, 0.29) is 0 Å². The van der Waals surface area contributed by atoms with Crippen LogP contribution < -0.4 is 0 Å². The van der Waals surface area contributed by atoms with E-state index < -0.39 is 0 Å². The van der Waals surface area contributed by atoms with Crippen molar-refractivity contribution < 1.29 is 0 Å². The lowest BCUT2D eigenvalue weighted by atomic mass is 10.3. The lowest BCUT2D eigenvalue weighted by molar-refractivity contribution is 0.360. The van der Waals surface area contributed by atoms with Crippen molar-refractivity contribution in [1.29, 1.82) is 0 Å². The fourth-order valence-corrected chi connectivity index (χ4v) is 1.09. The smallest absolute Gasteiger partial charge is 0.0417 e. The summed E-state index contributed by atoms with van der Waals surface area (Å²) >= 11 is 0. The molecule has 12 heavy (non-hydrogen) atoms. The molecular formula is C11H21N. The molecule has 1 heteroatoms. The van der Waals surface area contributed by atoms with E-state index in [9.17, 15) is 0 Å². The Hall–Kier alpha value is -0.680. The van der Waals surface area contributed by atoms with Gasteiger partial charge >= 0.3 is 0 Å². The summed E-state index contributed by atoms with van der Waals surface area (Å²) < 4.78 is 0. The van der Waals surface area contributed by atoms with Crippen LogP contribution in [0.2, 0.25) is 0 Å². The third-order valence-electron chi connectivity index (χ3n) is 1.87. The topological polar surface area (TPSA) is 3.24 Å². The zero-order chi connectivity index (χ0) is 9.23. The first-order valence-electron chi connectivity index (χ1n) is 4.95. The molecular weight excluding hydrogens is 146 g/mol. The van der Waals surface area contributed by atoms with Crippen molar-refractivity contribution in [3.05, 3.63) is 18.5 Å². The van der Waals surface area contributed by atoms with Crippen LogP contribution in [-0.2, 0) is 0 Å². The Kier molecular flexibility index (Phi) is 7.94. The molecule has 0 atom stereocenters. The van der Waals surface area contributed by atoms with Gasteiger partial charge < -0.3 is 4.90 Å². The van der Waals surface area contributed by atoms with Gasteiger partial charge in [0.2, 0.25) is 0 Å². The zero-order valence-corrected chi connectivity index (χ0v) is 8.47. The van der Waals surface area contributed by atoms with E-state index in [1.807, 2.05) is 6.20 Å². The normalized spacial score (nSPS) is 9.17. The van der Waals surface area contributed by atoms with Crippen LogP contribution in [-0.4, -0.2) is 18.0 Å². The number of rotatable bonds is 7. The Morgan fingerprint density at radius 2 is 1.67 bits per heavy atom. The number of hydrogen-bond acceptors (Lipinski definition) is 1. The first-order valence-corrected chi connectivity index (χ1v) is 4.95. The second-order valence-corrected chi connectivity index (χ2v) is 3.08. The molecule has 0 N–H and O–H groups in total. The van der Waals surface area contributed by atoms with Gasteiger partial charge in [0, 0.05) is 19.3 Å². The molecule has 0 aliphatic rings. The molecule has 0 aromatic rings. The van der Waals surface area contributed by atoms with Crippen LogP contribution >= 0.6 is 0 Å². The Morgan fingerprint density at radius 1 is 1.17 bits per heavy atom. The molecule has 70 valence electrons. The lowest BCUT2D eigenvalue weighted by Crippen LogP contribution is -2.19. The third-order valence-corrected chi connectivity index (χ3v) is 1.87. The quantitative estimate of drug-likeness (QED) is 0.526. The van der Waals surface area contributed by atoms with Gasteiger partial charge in [0.1, 0.15) is 0 Å². The maximum absolute atomic E-state index is 3.59. The Morgan fingerprint density at radius 3 is 2.00 bits per heavy atom. The maximum Gasteiger partial charge on any atom is 0.0417 e. The Balaban J connectivity index is 3.61. The van der Waals surface area contributed by atoms with Gasteiger partial charge in [-0.3, -0.25) is 0 Å². The molecule has 0 radical (unpaired) electrons. The van der Waals surface area contributed by atoms with Gasteiger partial charge in [-0.15, -0.1) is 5.73 Å². The summed E-state index contributed by atoms with van der Waals surface area (Å²) in [5.41, 5.74) is 2.84. The van der Waals surface area contributed by atoms with Crippen molar-refractivity contribution in [2.75, 3.05) is 13.1 Å². The van der Waals surface area contributed by atoms with E-state index in [0.717, 1.165) is 13.1 Å². The van der Waals surface area contributed by atoms with E-state index in [4.69, 9.17) is 0 Å². The first kappa shape index (κ1) is 11.3. The van der Waals surface area contributed by atoms with Crippen LogP contribution in [0.4, 0.5) is 0 Å². The highest BCUT2D eigenvalue weighted by molar-refractivity contribution is 4.77. The van der Waals surface area contributed by atoms with Gasteiger partial charge in [-0.2, -0.15) is 0 Å². The number of unbranched alkanes of at least 4 members (excludes halogenated alkanes) is 2. The molecule has 0 spiro atoms. The van der Waals surface area contributed by atoms with Crippen molar-refractivity contribution >= 4 is 0 Å². The predicted octanol–water partition coefficient (Wildman–Crippen LogP) is 3.19. The van der Waals surface area contributed by atoms with Crippen LogP contribution in [0.5, 0.6) is 0 Å². The minimum Gasteiger partial charge on any atom is -0.371 e. The molecule has 1 nitrogen and oxygen atoms in total. The van der Waals surface area contributed by atoms with E-state index >= 15 is 0 Å². The van der Waals surface area contributed by atoms with Crippen LogP contribution in [0, 0.1) is 0 Å². The van der Waals surface area contributed by atoms with E-state index in [1.165, 1.54) is 25.7 Å². The highest BCUT2D eigenvalue weighted by Crippen LogP contribution is 1.98. The minimum absolute atomic E-state index is 1.15. The average molecular weight is 167 g/mol. The molecule has 0 amide bonds. The largest absolute Gasteiger partial charge is 0.371 e. The SMILES string of the molecule is C=C=CN(CCCC)CCCC. The molecule has 0 heterocycles. The lowest BCUT2D eigenvalue weighted by Gasteiger charge is -2.18. The summed E-state index contributed by atoms with van der Waals surface area (Å²) in [6.45, 7) is 10.3. The molecule has 0 aromatic heterocycles. The molecule has 0 bridgehead atoms. The van der Waals surface area contributed by atoms with Gasteiger partial charge in [-0.05, 0) is 12.8 Å². The second kappa shape index (κ2) is 8.42. The van der Waals surface area contributed by atoms with Gasteiger partial charge in [0.05, 0.1) is 0 Å². The van der Waals surface area contributed by atoms with Crippen LogP contribution in [0.15, 0.2) is 18.5 Å². The van der Waals surface area contributed by atoms with E-state index in [0.29, 0.717) is 0 Å². The molecule has 0 aliphatic heterocycles. The van der Waals surface area contributed by atoms with Gasteiger partial charge in [0.25, 0.3) is 0 Å². The number of hydrogen-bond donors (Lipinski definition) is 0. The van der Waals surface area contributed by atoms with Crippen LogP contribution in [0.3, 0.4) is 0 Å². The molecule has 0 fully saturated rings. The summed E-state index contributed by atoms with van der Waals surface area (Å²) in [7, 11) is 0. The molecule has 0 aliphatic carbocycles. The van der Waals surface area contributed by atoms with Crippen LogP contribution in [0.1, 0.15) is 39.5 Å².